The van der Waals surface area contributed by atoms with Gasteiger partial charge in [-0.15, -0.1) is 0 Å². The Morgan fingerprint density at radius 2 is 0.933 bits per heavy atom. The van der Waals surface area contributed by atoms with Crippen molar-refractivity contribution in [3.63, 3.8) is 0 Å². The minimum atomic E-state index is -1.50. The van der Waals surface area contributed by atoms with Crippen LogP contribution < -0.4 is 0 Å². The van der Waals surface area contributed by atoms with Gasteiger partial charge in [0.2, 0.25) is 0 Å². The van der Waals surface area contributed by atoms with Crippen molar-refractivity contribution in [1.82, 2.24) is 0 Å². The number of unbranched alkanes of at least 4 members (excludes halogenated alkanes) is 14. The Hall–Kier alpha value is 0.394. The van der Waals surface area contributed by atoms with Crippen LogP contribution in [0.3, 0.4) is 0 Å². The minimum Gasteiger partial charge on any atom is -0.415 e. The number of hydrogen-bond donors (Lipinski definition) is 0. The largest absolute Gasteiger partial charge is 0.415 e. The van der Waals surface area contributed by atoms with E-state index in [9.17, 15) is 0 Å². The molecule has 0 radical (unpaired) electrons. The van der Waals surface area contributed by atoms with E-state index in [2.05, 4.69) is 40.0 Å². The van der Waals surface area contributed by atoms with E-state index in [1.165, 1.54) is 128 Å². The summed E-state index contributed by atoms with van der Waals surface area (Å²) in [6.45, 7) is 14.9. The number of rotatable bonds is 18. The molecule has 0 aromatic heterocycles. The molecule has 30 heavy (non-hydrogen) atoms. The van der Waals surface area contributed by atoms with E-state index < -0.39 is 15.4 Å². The van der Waals surface area contributed by atoms with Crippen molar-refractivity contribution >= 4 is 15.4 Å². The molecule has 1 heterocycles. The average Bonchev–Trinajstić information content (AvgIpc) is 2.69. The number of hydrogen-bond acceptors (Lipinski definition) is 1. The van der Waals surface area contributed by atoms with Crippen molar-refractivity contribution in [3.8, 4) is 0 Å². The molecule has 0 spiro atoms. The maximum atomic E-state index is 7.20. The molecule has 0 aromatic rings. The van der Waals surface area contributed by atoms with Gasteiger partial charge in [-0.2, -0.15) is 0 Å². The van der Waals surface area contributed by atoms with Gasteiger partial charge in [-0.1, -0.05) is 136 Å². The average molecular weight is 455 g/mol. The first-order valence-corrected chi connectivity index (χ1v) is 21.1. The Morgan fingerprint density at radius 1 is 0.567 bits per heavy atom. The molecule has 3 heteroatoms. The summed E-state index contributed by atoms with van der Waals surface area (Å²) in [5.74, 6) is 0. The molecule has 180 valence electrons. The van der Waals surface area contributed by atoms with Crippen LogP contribution in [0.5, 0.6) is 0 Å². The summed E-state index contributed by atoms with van der Waals surface area (Å²) < 4.78 is 7.20. The molecule has 0 unspecified atom stereocenters. The molecule has 1 aliphatic heterocycles. The van der Waals surface area contributed by atoms with E-state index in [0.29, 0.717) is 0 Å². The fraction of sp³-hybridized carbons (Fsp3) is 1.00. The molecule has 1 fully saturated rings. The van der Waals surface area contributed by atoms with E-state index in [-0.39, 0.29) is 5.60 Å². The lowest BCUT2D eigenvalue weighted by Crippen LogP contribution is -2.65. The van der Waals surface area contributed by atoms with Crippen LogP contribution in [-0.2, 0) is 4.43 Å². The van der Waals surface area contributed by atoms with Crippen molar-refractivity contribution in [2.75, 3.05) is 0 Å². The molecule has 0 saturated carbocycles. The summed E-state index contributed by atoms with van der Waals surface area (Å²) in [5.41, 5.74) is 0.253. The molecular weight excluding hydrogens is 396 g/mol. The fourth-order valence-corrected chi connectivity index (χ4v) is 12.2. The lowest BCUT2D eigenvalue weighted by Gasteiger charge is -2.52. The first-order chi connectivity index (χ1) is 14.3. The summed E-state index contributed by atoms with van der Waals surface area (Å²) in [4.78, 5) is 0. The molecule has 0 bridgehead atoms. The van der Waals surface area contributed by atoms with Gasteiger partial charge in [-0.25, -0.2) is 0 Å². The Bertz CT molecular complexity index is 399. The maximum absolute atomic E-state index is 7.20. The Balaban J connectivity index is 2.41. The van der Waals surface area contributed by atoms with Crippen LogP contribution in [0.25, 0.3) is 0 Å². The van der Waals surface area contributed by atoms with Crippen LogP contribution in [0.1, 0.15) is 136 Å². The molecule has 1 aliphatic rings. The normalized spacial score (nSPS) is 19.8. The van der Waals surface area contributed by atoms with Gasteiger partial charge in [-0.3, -0.25) is 0 Å². The highest BCUT2D eigenvalue weighted by Gasteiger charge is 2.52. The third kappa shape index (κ3) is 10.8. The monoisotopic (exact) mass is 454 g/mol. The second-order valence-corrected chi connectivity index (χ2v) is 26.8. The predicted octanol–water partition coefficient (Wildman–Crippen LogP) is 10.2. The molecule has 1 rings (SSSR count). The van der Waals surface area contributed by atoms with Crippen molar-refractivity contribution < 1.29 is 4.43 Å². The minimum absolute atomic E-state index is 0.253. The quantitative estimate of drug-likeness (QED) is 0.148. The summed E-state index contributed by atoms with van der Waals surface area (Å²) in [5, 5.41) is 0. The lowest BCUT2D eigenvalue weighted by molar-refractivity contribution is 0.0298. The molecule has 0 atom stereocenters. The third-order valence-corrected chi connectivity index (χ3v) is 24.8. The van der Waals surface area contributed by atoms with Gasteiger partial charge in [0.25, 0.3) is 0 Å². The summed E-state index contributed by atoms with van der Waals surface area (Å²) >= 11 is 0. The van der Waals surface area contributed by atoms with E-state index in [4.69, 9.17) is 4.43 Å². The fourth-order valence-electron chi connectivity index (χ4n) is 5.21. The smallest absolute Gasteiger partial charge is 0.174 e. The Kier molecular flexibility index (Phi) is 14.5. The highest BCUT2D eigenvalue weighted by atomic mass is 29.3. The van der Waals surface area contributed by atoms with Gasteiger partial charge in [0.1, 0.15) is 0 Å². The second kappa shape index (κ2) is 15.3. The van der Waals surface area contributed by atoms with E-state index >= 15 is 0 Å². The van der Waals surface area contributed by atoms with Gasteiger partial charge in [0.05, 0.1) is 13.2 Å². The van der Waals surface area contributed by atoms with Crippen LogP contribution >= 0.6 is 0 Å². The third-order valence-electron chi connectivity index (χ3n) is 8.28. The highest BCUT2D eigenvalue weighted by molar-refractivity contribution is 7.38. The molecule has 0 N–H and O–H groups in total. The van der Waals surface area contributed by atoms with Crippen LogP contribution in [0.15, 0.2) is 0 Å². The van der Waals surface area contributed by atoms with Gasteiger partial charge in [0, 0.05) is 0 Å². The van der Waals surface area contributed by atoms with Crippen molar-refractivity contribution in [3.05, 3.63) is 0 Å². The maximum Gasteiger partial charge on any atom is 0.174 e. The van der Waals surface area contributed by atoms with E-state index in [0.717, 1.165) is 0 Å². The van der Waals surface area contributed by atoms with E-state index in [1.807, 2.05) is 0 Å². The van der Waals surface area contributed by atoms with Gasteiger partial charge in [0.15, 0.2) is 7.83 Å². The molecule has 1 nitrogen and oxygen atoms in total. The SMILES string of the molecule is CCCCCCCCCCC1(CCCCCCCCCC)CC[Si](C)(C)[Si](C)(C)O1. The molecule has 0 aromatic carbocycles. The van der Waals surface area contributed by atoms with Gasteiger partial charge in [-0.05, 0) is 32.4 Å². The molecule has 0 aliphatic carbocycles. The first kappa shape index (κ1) is 28.4. The summed E-state index contributed by atoms with van der Waals surface area (Å²) in [6.07, 6.45) is 26.9. The highest BCUT2D eigenvalue weighted by Crippen LogP contribution is 2.44. The lowest BCUT2D eigenvalue weighted by atomic mass is 9.87. The molecule has 0 amide bonds. The zero-order chi connectivity index (χ0) is 22.3. The van der Waals surface area contributed by atoms with E-state index in [1.54, 1.807) is 0 Å². The van der Waals surface area contributed by atoms with Crippen molar-refractivity contribution in [2.24, 2.45) is 0 Å². The zero-order valence-corrected chi connectivity index (χ0v) is 24.1. The van der Waals surface area contributed by atoms with Crippen LogP contribution in [-0.4, -0.2) is 21.0 Å². The van der Waals surface area contributed by atoms with Crippen LogP contribution in [0.4, 0.5) is 0 Å². The zero-order valence-electron chi connectivity index (χ0n) is 22.1. The van der Waals surface area contributed by atoms with Gasteiger partial charge >= 0.3 is 0 Å². The molecule has 1 saturated heterocycles. The first-order valence-electron chi connectivity index (χ1n) is 14.0. The molecular formula is C27H58OSi2. The standard InChI is InChI=1S/C27H58OSi2/c1-7-9-11-13-15-17-19-21-23-27(24-22-20-18-16-14-12-10-8-2)25-26-29(3,4)30(5,6)28-27/h7-26H2,1-6H3. The van der Waals surface area contributed by atoms with Crippen LogP contribution in [0, 0.1) is 0 Å². The van der Waals surface area contributed by atoms with Gasteiger partial charge < -0.3 is 4.43 Å². The summed E-state index contributed by atoms with van der Waals surface area (Å²) in [7, 11) is -2.63. The van der Waals surface area contributed by atoms with Crippen LogP contribution in [0.2, 0.25) is 32.2 Å². The predicted molar refractivity (Wildman–Crippen MR) is 143 cm³/mol. The summed E-state index contributed by atoms with van der Waals surface area (Å²) in [6, 6.07) is 1.51. The van der Waals surface area contributed by atoms with Crippen molar-refractivity contribution in [2.45, 2.75) is 174 Å². The van der Waals surface area contributed by atoms with Crippen molar-refractivity contribution in [1.29, 1.82) is 0 Å². The Labute approximate surface area is 193 Å². The Morgan fingerprint density at radius 3 is 1.30 bits per heavy atom. The topological polar surface area (TPSA) is 9.23 Å². The second-order valence-electron chi connectivity index (χ2n) is 11.6.